The van der Waals surface area contributed by atoms with E-state index in [-0.39, 0.29) is 22.4 Å². The largest absolute Gasteiger partial charge is 0.493 e. The van der Waals surface area contributed by atoms with E-state index >= 15 is 0 Å². The van der Waals surface area contributed by atoms with Crippen molar-refractivity contribution in [2.45, 2.75) is 17.9 Å². The highest BCUT2D eigenvalue weighted by molar-refractivity contribution is 7.89. The Kier molecular flexibility index (Phi) is 7.22. The predicted octanol–water partition coefficient (Wildman–Crippen LogP) is 3.76. The van der Waals surface area contributed by atoms with Crippen LogP contribution in [0.2, 0.25) is 0 Å². The van der Waals surface area contributed by atoms with E-state index in [2.05, 4.69) is 15.5 Å². The topological polar surface area (TPSA) is 133 Å². The number of ether oxygens (including phenoxy) is 3. The van der Waals surface area contributed by atoms with Crippen LogP contribution in [0.5, 0.6) is 17.2 Å². The standard InChI is InChI=1S/C27H26N4O7S/c1-35-22-14-20(15-23(36-2)24(22)37-3)26-29-30-27(38-26)28-25(32)18-8-10-21(11-9-18)39(33,34)31-13-12-17-6-4-5-7-19(17)16-31/h4-11,14-15H,12-13,16H2,1-3H3,(H,28,30,32). The molecule has 39 heavy (non-hydrogen) atoms. The molecule has 1 amide bonds. The highest BCUT2D eigenvalue weighted by atomic mass is 32.2. The summed E-state index contributed by atoms with van der Waals surface area (Å²) in [6.45, 7) is 0.708. The SMILES string of the molecule is COc1cc(-c2nnc(NC(=O)c3ccc(S(=O)(=O)N4CCc5ccccc5C4)cc3)o2)cc(OC)c1OC. The van der Waals surface area contributed by atoms with Crippen LogP contribution >= 0.6 is 0 Å². The van der Waals surface area contributed by atoms with Crippen LogP contribution < -0.4 is 19.5 Å². The first kappa shape index (κ1) is 26.2. The molecular formula is C27H26N4O7S. The smallest absolute Gasteiger partial charge is 0.322 e. The Bertz CT molecular complexity index is 1590. The summed E-state index contributed by atoms with van der Waals surface area (Å²) in [4.78, 5) is 12.9. The minimum atomic E-state index is -3.72. The molecule has 0 saturated heterocycles. The summed E-state index contributed by atoms with van der Waals surface area (Å²) in [5.41, 5.74) is 2.87. The van der Waals surface area contributed by atoms with Crippen molar-refractivity contribution in [1.82, 2.24) is 14.5 Å². The molecule has 1 aliphatic rings. The summed E-state index contributed by atoms with van der Waals surface area (Å²) >= 11 is 0. The third-order valence-corrected chi connectivity index (χ3v) is 8.27. The monoisotopic (exact) mass is 550 g/mol. The molecule has 11 nitrogen and oxygen atoms in total. The van der Waals surface area contributed by atoms with Crippen LogP contribution in [0.3, 0.4) is 0 Å². The van der Waals surface area contributed by atoms with Crippen LogP contribution in [0.1, 0.15) is 21.5 Å². The molecule has 0 unspecified atom stereocenters. The van der Waals surface area contributed by atoms with E-state index in [4.69, 9.17) is 18.6 Å². The summed E-state index contributed by atoms with van der Waals surface area (Å²) < 4.78 is 49.5. The van der Waals surface area contributed by atoms with Gasteiger partial charge in [-0.15, -0.1) is 5.10 Å². The molecule has 2 heterocycles. The minimum Gasteiger partial charge on any atom is -0.493 e. The van der Waals surface area contributed by atoms with Gasteiger partial charge in [-0.1, -0.05) is 29.4 Å². The Labute approximate surface area is 225 Å². The van der Waals surface area contributed by atoms with Crippen LogP contribution in [-0.2, 0) is 23.0 Å². The van der Waals surface area contributed by atoms with E-state index in [1.165, 1.54) is 49.9 Å². The second-order valence-corrected chi connectivity index (χ2v) is 10.6. The molecule has 1 aliphatic heterocycles. The first-order valence-corrected chi connectivity index (χ1v) is 13.4. The number of amides is 1. The number of fused-ring (bicyclic) bond motifs is 1. The van der Waals surface area contributed by atoms with Crippen LogP contribution in [0.25, 0.3) is 11.5 Å². The molecule has 202 valence electrons. The second-order valence-electron chi connectivity index (χ2n) is 8.66. The lowest BCUT2D eigenvalue weighted by Crippen LogP contribution is -2.35. The van der Waals surface area contributed by atoms with Gasteiger partial charge < -0.3 is 18.6 Å². The summed E-state index contributed by atoms with van der Waals surface area (Å²) in [6, 6.07) is 16.7. The molecule has 0 fully saturated rings. The zero-order valence-electron chi connectivity index (χ0n) is 21.5. The molecule has 0 bridgehead atoms. The molecule has 4 aromatic rings. The minimum absolute atomic E-state index is 0.112. The zero-order valence-corrected chi connectivity index (χ0v) is 22.3. The fourth-order valence-electron chi connectivity index (χ4n) is 4.37. The molecule has 5 rings (SSSR count). The van der Waals surface area contributed by atoms with Gasteiger partial charge in [0.05, 0.1) is 26.2 Å². The highest BCUT2D eigenvalue weighted by Crippen LogP contribution is 2.41. The Morgan fingerprint density at radius 3 is 2.23 bits per heavy atom. The number of carbonyl (C=O) groups is 1. The first-order chi connectivity index (χ1) is 18.8. The summed E-state index contributed by atoms with van der Waals surface area (Å²) in [5.74, 6) is 0.797. The van der Waals surface area contributed by atoms with Crippen molar-refractivity contribution in [2.24, 2.45) is 0 Å². The molecule has 0 saturated carbocycles. The Morgan fingerprint density at radius 2 is 1.59 bits per heavy atom. The molecule has 0 spiro atoms. The number of rotatable bonds is 8. The molecule has 0 radical (unpaired) electrons. The van der Waals surface area contributed by atoms with Crippen molar-refractivity contribution in [3.8, 4) is 28.7 Å². The second kappa shape index (κ2) is 10.8. The Hall–Kier alpha value is -4.42. The van der Waals surface area contributed by atoms with Gasteiger partial charge in [-0.2, -0.15) is 4.31 Å². The van der Waals surface area contributed by atoms with E-state index in [9.17, 15) is 13.2 Å². The van der Waals surface area contributed by atoms with Crippen LogP contribution in [0.15, 0.2) is 70.0 Å². The number of hydrogen-bond donors (Lipinski definition) is 1. The van der Waals surface area contributed by atoms with Crippen LogP contribution in [0.4, 0.5) is 6.01 Å². The number of carbonyl (C=O) groups excluding carboxylic acids is 1. The number of benzene rings is 3. The maximum absolute atomic E-state index is 13.2. The third kappa shape index (κ3) is 5.16. The van der Waals surface area contributed by atoms with Gasteiger partial charge in [0, 0.05) is 24.2 Å². The van der Waals surface area contributed by atoms with E-state index < -0.39 is 15.9 Å². The maximum atomic E-state index is 13.2. The lowest BCUT2D eigenvalue weighted by molar-refractivity contribution is 0.102. The molecule has 3 aromatic carbocycles. The fraction of sp³-hybridized carbons (Fsp3) is 0.222. The number of anilines is 1. The maximum Gasteiger partial charge on any atom is 0.322 e. The van der Waals surface area contributed by atoms with Gasteiger partial charge in [-0.05, 0) is 53.9 Å². The van der Waals surface area contributed by atoms with E-state index in [1.807, 2.05) is 24.3 Å². The van der Waals surface area contributed by atoms with Gasteiger partial charge in [-0.25, -0.2) is 8.42 Å². The van der Waals surface area contributed by atoms with Gasteiger partial charge in [-0.3, -0.25) is 10.1 Å². The lowest BCUT2D eigenvalue weighted by atomic mass is 10.0. The van der Waals surface area contributed by atoms with Crippen molar-refractivity contribution < 1.29 is 31.8 Å². The van der Waals surface area contributed by atoms with Crippen molar-refractivity contribution in [2.75, 3.05) is 33.2 Å². The number of aromatic nitrogens is 2. The summed E-state index contributed by atoms with van der Waals surface area (Å²) in [6.07, 6.45) is 0.651. The number of methoxy groups -OCH3 is 3. The quantitative estimate of drug-likeness (QED) is 0.348. The number of hydrogen-bond acceptors (Lipinski definition) is 9. The zero-order chi connectivity index (χ0) is 27.6. The Morgan fingerprint density at radius 1 is 0.923 bits per heavy atom. The van der Waals surface area contributed by atoms with Crippen molar-refractivity contribution >= 4 is 21.9 Å². The van der Waals surface area contributed by atoms with E-state index in [0.717, 1.165) is 11.1 Å². The van der Waals surface area contributed by atoms with E-state index in [0.29, 0.717) is 42.3 Å². The van der Waals surface area contributed by atoms with Gasteiger partial charge in [0.1, 0.15) is 0 Å². The number of nitrogens with zero attached hydrogens (tertiary/aromatic N) is 3. The molecule has 12 heteroatoms. The van der Waals surface area contributed by atoms with E-state index in [1.54, 1.807) is 12.1 Å². The highest BCUT2D eigenvalue weighted by Gasteiger charge is 2.28. The average Bonchev–Trinajstić information content (AvgIpc) is 3.44. The Balaban J connectivity index is 1.29. The molecular weight excluding hydrogens is 524 g/mol. The average molecular weight is 551 g/mol. The molecule has 0 atom stereocenters. The predicted molar refractivity (Wildman–Crippen MR) is 142 cm³/mol. The summed E-state index contributed by atoms with van der Waals surface area (Å²) in [7, 11) is 0.754. The lowest BCUT2D eigenvalue weighted by Gasteiger charge is -2.28. The van der Waals surface area contributed by atoms with Crippen LogP contribution in [-0.4, -0.2) is 56.7 Å². The number of sulfonamides is 1. The van der Waals surface area contributed by atoms with Crippen LogP contribution in [0, 0.1) is 0 Å². The molecule has 1 aromatic heterocycles. The number of nitrogens with one attached hydrogen (secondary N) is 1. The molecule has 1 N–H and O–H groups in total. The van der Waals surface area contributed by atoms with Crippen molar-refractivity contribution in [3.63, 3.8) is 0 Å². The summed E-state index contributed by atoms with van der Waals surface area (Å²) in [5, 5.41) is 10.4. The van der Waals surface area contributed by atoms with Gasteiger partial charge in [0.2, 0.25) is 21.7 Å². The van der Waals surface area contributed by atoms with Gasteiger partial charge in [0.25, 0.3) is 5.91 Å². The normalized spacial score (nSPS) is 13.4. The van der Waals surface area contributed by atoms with Crippen molar-refractivity contribution in [3.05, 3.63) is 77.4 Å². The van der Waals surface area contributed by atoms with Crippen molar-refractivity contribution in [1.29, 1.82) is 0 Å². The first-order valence-electron chi connectivity index (χ1n) is 12.0. The van der Waals surface area contributed by atoms with Gasteiger partial charge in [0.15, 0.2) is 11.5 Å². The van der Waals surface area contributed by atoms with Gasteiger partial charge >= 0.3 is 6.01 Å². The third-order valence-electron chi connectivity index (χ3n) is 6.41. The fourth-order valence-corrected chi connectivity index (χ4v) is 5.79. The molecule has 0 aliphatic carbocycles.